The number of carbonyl (C=O) groups is 3. The average molecular weight is 976 g/mol. The molecule has 402 valence electrons. The van der Waals surface area contributed by atoms with Gasteiger partial charge in [-0.25, -0.2) is 0 Å². The minimum atomic E-state index is -0.803. The van der Waals surface area contributed by atoms with E-state index in [1.54, 1.807) is 0 Å². The quantitative estimate of drug-likeness (QED) is 0.0199. The van der Waals surface area contributed by atoms with Gasteiger partial charge < -0.3 is 14.2 Å². The fourth-order valence-corrected chi connectivity index (χ4v) is 8.20. The zero-order valence-electron chi connectivity index (χ0n) is 46.0. The number of carbonyl (C=O) groups excluding carboxylic acids is 3. The van der Waals surface area contributed by atoms with E-state index in [1.807, 2.05) is 0 Å². The summed E-state index contributed by atoms with van der Waals surface area (Å²) in [4.78, 5) is 38.2. The third kappa shape index (κ3) is 55.5. The number of hydrogen-bond donors (Lipinski definition) is 0. The minimum absolute atomic E-state index is 0.101. The second-order valence-electron chi connectivity index (χ2n) is 19.7. The molecule has 0 aliphatic carbocycles. The lowest BCUT2D eigenvalue weighted by molar-refractivity contribution is -0.167. The molecule has 70 heavy (non-hydrogen) atoms. The van der Waals surface area contributed by atoms with Gasteiger partial charge in [0.15, 0.2) is 6.10 Å². The van der Waals surface area contributed by atoms with Gasteiger partial charge in [-0.2, -0.15) is 0 Å². The summed E-state index contributed by atoms with van der Waals surface area (Å²) in [6.45, 7) is 6.56. The van der Waals surface area contributed by atoms with Crippen molar-refractivity contribution < 1.29 is 28.6 Å². The van der Waals surface area contributed by atoms with Gasteiger partial charge in [0.2, 0.25) is 0 Å². The molecule has 0 saturated heterocycles. The topological polar surface area (TPSA) is 78.9 Å². The third-order valence-electron chi connectivity index (χ3n) is 12.7. The van der Waals surface area contributed by atoms with Crippen molar-refractivity contribution in [3.63, 3.8) is 0 Å². The fourth-order valence-electron chi connectivity index (χ4n) is 8.20. The Morgan fingerprint density at radius 1 is 0.286 bits per heavy atom. The minimum Gasteiger partial charge on any atom is -0.462 e. The van der Waals surface area contributed by atoms with Gasteiger partial charge in [0.25, 0.3) is 0 Å². The first-order valence-electron chi connectivity index (χ1n) is 29.7. The molecule has 0 heterocycles. The van der Waals surface area contributed by atoms with Crippen LogP contribution in [0.4, 0.5) is 0 Å². The predicted molar refractivity (Wildman–Crippen MR) is 302 cm³/mol. The standard InChI is InChI=1S/C64H110O6/c1-4-7-10-13-16-19-22-25-28-31-33-36-39-42-45-48-51-54-57-63(66)69-60-61(59-68-62(65)56-53-50-47-44-41-38-35-30-27-24-21-18-15-12-9-6-3)70-64(67)58-55-52-49-46-43-40-37-34-32-29-26-23-20-17-14-11-8-5-2/h16,19,22,25,28,30-31,33-38,41,61H,4-15,17-18,20-21,23-24,26-27,29,32,39-40,42-60H2,1-3H3/b19-16-,25-22-,31-28-,35-30-,36-33-,37-34-,41-38-. The number of unbranched alkanes of at least 4 members (excludes halogenated alkanes) is 32. The van der Waals surface area contributed by atoms with Crippen molar-refractivity contribution in [2.75, 3.05) is 13.2 Å². The number of allylic oxidation sites excluding steroid dienone is 14. The number of rotatable bonds is 53. The highest BCUT2D eigenvalue weighted by molar-refractivity contribution is 5.71. The molecule has 0 aromatic heterocycles. The molecule has 0 fully saturated rings. The molecular weight excluding hydrogens is 865 g/mol. The van der Waals surface area contributed by atoms with Gasteiger partial charge in [-0.3, -0.25) is 14.4 Å². The third-order valence-corrected chi connectivity index (χ3v) is 12.7. The summed E-state index contributed by atoms with van der Waals surface area (Å²) < 4.78 is 16.8. The Bertz CT molecular complexity index is 1350. The van der Waals surface area contributed by atoms with Gasteiger partial charge in [-0.1, -0.05) is 254 Å². The monoisotopic (exact) mass is 975 g/mol. The van der Waals surface area contributed by atoms with E-state index in [0.29, 0.717) is 19.3 Å². The Kier molecular flexibility index (Phi) is 55.3. The van der Waals surface area contributed by atoms with Crippen molar-refractivity contribution in [1.29, 1.82) is 0 Å². The van der Waals surface area contributed by atoms with Crippen LogP contribution in [0.15, 0.2) is 85.1 Å². The second-order valence-corrected chi connectivity index (χ2v) is 19.7. The van der Waals surface area contributed by atoms with E-state index in [2.05, 4.69) is 106 Å². The van der Waals surface area contributed by atoms with E-state index in [0.717, 1.165) is 109 Å². The number of esters is 3. The maximum absolute atomic E-state index is 12.9. The largest absolute Gasteiger partial charge is 0.462 e. The van der Waals surface area contributed by atoms with E-state index in [1.165, 1.54) is 135 Å². The molecular formula is C64H110O6. The maximum atomic E-state index is 12.9. The van der Waals surface area contributed by atoms with Crippen LogP contribution in [-0.2, 0) is 28.6 Å². The normalized spacial score (nSPS) is 12.7. The molecule has 0 radical (unpaired) electrons. The molecule has 0 saturated carbocycles. The molecule has 0 aromatic rings. The van der Waals surface area contributed by atoms with Gasteiger partial charge in [-0.05, 0) is 96.3 Å². The molecule has 1 atom stereocenters. The van der Waals surface area contributed by atoms with Crippen LogP contribution in [0.3, 0.4) is 0 Å². The van der Waals surface area contributed by atoms with E-state index in [4.69, 9.17) is 14.2 Å². The molecule has 0 N–H and O–H groups in total. The molecule has 0 spiro atoms. The molecule has 0 bridgehead atoms. The second kappa shape index (κ2) is 58.2. The number of hydrogen-bond acceptors (Lipinski definition) is 6. The van der Waals surface area contributed by atoms with Crippen LogP contribution in [0.5, 0.6) is 0 Å². The Morgan fingerprint density at radius 3 is 0.900 bits per heavy atom. The van der Waals surface area contributed by atoms with Crippen molar-refractivity contribution in [2.24, 2.45) is 0 Å². The lowest BCUT2D eigenvalue weighted by Gasteiger charge is -2.18. The van der Waals surface area contributed by atoms with Crippen molar-refractivity contribution in [1.82, 2.24) is 0 Å². The van der Waals surface area contributed by atoms with E-state index in [-0.39, 0.29) is 31.1 Å². The van der Waals surface area contributed by atoms with Crippen LogP contribution in [-0.4, -0.2) is 37.2 Å². The van der Waals surface area contributed by atoms with Gasteiger partial charge >= 0.3 is 17.9 Å². The average Bonchev–Trinajstić information content (AvgIpc) is 3.36. The fraction of sp³-hybridized carbons (Fsp3) is 0.734. The first kappa shape index (κ1) is 66.6. The summed E-state index contributed by atoms with van der Waals surface area (Å²) >= 11 is 0. The van der Waals surface area contributed by atoms with Crippen LogP contribution in [0.2, 0.25) is 0 Å². The molecule has 0 aliphatic heterocycles. The SMILES string of the molecule is CCCCC\C=C/C=C\C=C/C=C\CCCCCCCC(=O)OCC(COC(=O)CCCCC/C=C\C=C/CCCCCCCCC)OC(=O)CCCCCCC/C=C\CCCCCCCCCCC. The lowest BCUT2D eigenvalue weighted by atomic mass is 10.1. The van der Waals surface area contributed by atoms with Crippen LogP contribution in [0.1, 0.15) is 284 Å². The summed E-state index contributed by atoms with van der Waals surface area (Å²) in [6, 6.07) is 0. The highest BCUT2D eigenvalue weighted by Crippen LogP contribution is 2.15. The predicted octanol–water partition coefficient (Wildman–Crippen LogP) is 19.9. The first-order chi connectivity index (χ1) is 34.5. The van der Waals surface area contributed by atoms with Gasteiger partial charge in [0.1, 0.15) is 13.2 Å². The Balaban J connectivity index is 4.49. The molecule has 0 rings (SSSR count). The first-order valence-corrected chi connectivity index (χ1v) is 29.7. The van der Waals surface area contributed by atoms with Crippen LogP contribution < -0.4 is 0 Å². The van der Waals surface area contributed by atoms with Crippen molar-refractivity contribution in [3.8, 4) is 0 Å². The molecule has 0 amide bonds. The molecule has 0 aliphatic rings. The summed E-state index contributed by atoms with van der Waals surface area (Å²) in [6.07, 6.45) is 75.7. The van der Waals surface area contributed by atoms with E-state index < -0.39 is 6.10 Å². The maximum Gasteiger partial charge on any atom is 0.306 e. The number of ether oxygens (including phenoxy) is 3. The Labute approximate surface area is 433 Å². The summed E-state index contributed by atoms with van der Waals surface area (Å²) in [7, 11) is 0. The zero-order chi connectivity index (χ0) is 50.7. The smallest absolute Gasteiger partial charge is 0.306 e. The Morgan fingerprint density at radius 2 is 0.529 bits per heavy atom. The van der Waals surface area contributed by atoms with Gasteiger partial charge in [0.05, 0.1) is 0 Å². The van der Waals surface area contributed by atoms with Gasteiger partial charge in [-0.15, -0.1) is 0 Å². The van der Waals surface area contributed by atoms with Crippen molar-refractivity contribution in [3.05, 3.63) is 85.1 Å². The summed E-state index contributed by atoms with van der Waals surface area (Å²) in [5.41, 5.74) is 0. The molecule has 6 heteroatoms. The molecule has 0 aromatic carbocycles. The van der Waals surface area contributed by atoms with Crippen LogP contribution in [0.25, 0.3) is 0 Å². The molecule has 1 unspecified atom stereocenters. The van der Waals surface area contributed by atoms with Crippen LogP contribution >= 0.6 is 0 Å². The summed E-state index contributed by atoms with van der Waals surface area (Å²) in [5.74, 6) is -0.949. The van der Waals surface area contributed by atoms with Crippen molar-refractivity contribution >= 4 is 17.9 Å². The molecule has 6 nitrogen and oxygen atoms in total. The highest BCUT2D eigenvalue weighted by atomic mass is 16.6. The highest BCUT2D eigenvalue weighted by Gasteiger charge is 2.19. The zero-order valence-corrected chi connectivity index (χ0v) is 46.0. The van der Waals surface area contributed by atoms with Crippen LogP contribution in [0, 0.1) is 0 Å². The Hall–Kier alpha value is -3.41. The van der Waals surface area contributed by atoms with Gasteiger partial charge in [0, 0.05) is 19.3 Å². The lowest BCUT2D eigenvalue weighted by Crippen LogP contribution is -2.30. The summed E-state index contributed by atoms with van der Waals surface area (Å²) in [5, 5.41) is 0. The van der Waals surface area contributed by atoms with Crippen molar-refractivity contribution in [2.45, 2.75) is 290 Å². The van der Waals surface area contributed by atoms with E-state index in [9.17, 15) is 14.4 Å². The van der Waals surface area contributed by atoms with E-state index >= 15 is 0 Å².